The fourth-order valence-corrected chi connectivity index (χ4v) is 2.98. The topological polar surface area (TPSA) is 38.5 Å². The molecule has 0 saturated carbocycles. The lowest BCUT2D eigenvalue weighted by molar-refractivity contribution is 0.118. The Labute approximate surface area is 116 Å². The highest BCUT2D eigenvalue weighted by molar-refractivity contribution is 5.56. The SMILES string of the molecule is Cc1ccc(N(C)C2CCOC2C)c(CC(C)N)c1. The van der Waals surface area contributed by atoms with Crippen LogP contribution in [0.3, 0.4) is 0 Å². The summed E-state index contributed by atoms with van der Waals surface area (Å²) in [5.74, 6) is 0. The molecular weight excluding hydrogens is 236 g/mol. The highest BCUT2D eigenvalue weighted by Gasteiger charge is 2.29. The number of benzene rings is 1. The molecule has 3 unspecified atom stereocenters. The third-order valence-corrected chi connectivity index (χ3v) is 3.99. The summed E-state index contributed by atoms with van der Waals surface area (Å²) in [6.45, 7) is 7.22. The maximum Gasteiger partial charge on any atom is 0.0750 e. The molecule has 2 rings (SSSR count). The molecule has 1 aliphatic rings. The minimum Gasteiger partial charge on any atom is -0.376 e. The van der Waals surface area contributed by atoms with E-state index in [0.717, 1.165) is 19.4 Å². The smallest absolute Gasteiger partial charge is 0.0750 e. The van der Waals surface area contributed by atoms with Crippen LogP contribution in [-0.2, 0) is 11.2 Å². The molecule has 1 aromatic carbocycles. The molecule has 0 amide bonds. The Hall–Kier alpha value is -1.06. The van der Waals surface area contributed by atoms with Gasteiger partial charge in [0.25, 0.3) is 0 Å². The van der Waals surface area contributed by atoms with E-state index < -0.39 is 0 Å². The van der Waals surface area contributed by atoms with Gasteiger partial charge in [-0.15, -0.1) is 0 Å². The van der Waals surface area contributed by atoms with Crippen molar-refractivity contribution in [2.24, 2.45) is 5.73 Å². The van der Waals surface area contributed by atoms with Crippen LogP contribution in [0.4, 0.5) is 5.69 Å². The lowest BCUT2D eigenvalue weighted by atomic mass is 10.0. The molecule has 0 aromatic heterocycles. The fraction of sp³-hybridized carbons (Fsp3) is 0.625. The third-order valence-electron chi connectivity index (χ3n) is 3.99. The van der Waals surface area contributed by atoms with Crippen molar-refractivity contribution < 1.29 is 4.74 Å². The second kappa shape index (κ2) is 5.93. The zero-order valence-electron chi connectivity index (χ0n) is 12.5. The summed E-state index contributed by atoms with van der Waals surface area (Å²) < 4.78 is 5.69. The predicted octanol–water partition coefficient (Wildman–Crippen LogP) is 2.50. The van der Waals surface area contributed by atoms with Crippen LogP contribution in [0.5, 0.6) is 0 Å². The standard InChI is InChI=1S/C16H26N2O/c1-11-5-6-16(14(9-11)10-12(2)17)18(4)15-7-8-19-13(15)3/h5-6,9,12-13,15H,7-8,10,17H2,1-4H3. The van der Waals surface area contributed by atoms with Crippen LogP contribution in [0.25, 0.3) is 0 Å². The molecule has 3 nitrogen and oxygen atoms in total. The normalized spacial score (nSPS) is 24.5. The van der Waals surface area contributed by atoms with Crippen molar-refractivity contribution in [1.82, 2.24) is 0 Å². The molecule has 0 radical (unpaired) electrons. The van der Waals surface area contributed by atoms with Crippen LogP contribution in [0, 0.1) is 6.92 Å². The van der Waals surface area contributed by atoms with Crippen molar-refractivity contribution >= 4 is 5.69 Å². The molecule has 0 spiro atoms. The highest BCUT2D eigenvalue weighted by atomic mass is 16.5. The molecule has 2 N–H and O–H groups in total. The number of likely N-dealkylation sites (N-methyl/N-ethyl adjacent to an activating group) is 1. The van der Waals surface area contributed by atoms with E-state index in [1.165, 1.54) is 16.8 Å². The van der Waals surface area contributed by atoms with E-state index in [1.54, 1.807) is 0 Å². The van der Waals surface area contributed by atoms with Gasteiger partial charge >= 0.3 is 0 Å². The van der Waals surface area contributed by atoms with E-state index >= 15 is 0 Å². The van der Waals surface area contributed by atoms with Gasteiger partial charge in [0.1, 0.15) is 0 Å². The quantitative estimate of drug-likeness (QED) is 0.906. The number of nitrogens with zero attached hydrogens (tertiary/aromatic N) is 1. The molecule has 1 heterocycles. The van der Waals surface area contributed by atoms with Crippen molar-refractivity contribution in [1.29, 1.82) is 0 Å². The van der Waals surface area contributed by atoms with Crippen LogP contribution < -0.4 is 10.6 Å². The Morgan fingerprint density at radius 1 is 1.47 bits per heavy atom. The summed E-state index contributed by atoms with van der Waals surface area (Å²) in [4.78, 5) is 2.37. The van der Waals surface area contributed by atoms with Crippen LogP contribution in [0.2, 0.25) is 0 Å². The van der Waals surface area contributed by atoms with Gasteiger partial charge in [-0.25, -0.2) is 0 Å². The van der Waals surface area contributed by atoms with Crippen LogP contribution in [-0.4, -0.2) is 31.8 Å². The number of ether oxygens (including phenoxy) is 1. The number of nitrogens with two attached hydrogens (primary N) is 1. The Morgan fingerprint density at radius 3 is 2.79 bits per heavy atom. The summed E-state index contributed by atoms with van der Waals surface area (Å²) >= 11 is 0. The number of anilines is 1. The molecule has 3 heteroatoms. The van der Waals surface area contributed by atoms with Crippen LogP contribution in [0.1, 0.15) is 31.4 Å². The van der Waals surface area contributed by atoms with Gasteiger partial charge in [0.2, 0.25) is 0 Å². The number of hydrogen-bond acceptors (Lipinski definition) is 3. The highest BCUT2D eigenvalue weighted by Crippen LogP contribution is 2.28. The molecule has 0 bridgehead atoms. The van der Waals surface area contributed by atoms with E-state index in [0.29, 0.717) is 12.1 Å². The first-order chi connectivity index (χ1) is 8.99. The average molecular weight is 262 g/mol. The van der Waals surface area contributed by atoms with E-state index in [-0.39, 0.29) is 6.04 Å². The second-order valence-corrected chi connectivity index (χ2v) is 5.86. The molecular formula is C16H26N2O. The molecule has 1 saturated heterocycles. The molecule has 0 aliphatic carbocycles. The lowest BCUT2D eigenvalue weighted by Gasteiger charge is -2.31. The van der Waals surface area contributed by atoms with Gasteiger partial charge in [0.05, 0.1) is 12.1 Å². The van der Waals surface area contributed by atoms with Gasteiger partial charge in [-0.3, -0.25) is 0 Å². The average Bonchev–Trinajstić information content (AvgIpc) is 2.74. The first-order valence-electron chi connectivity index (χ1n) is 7.18. The summed E-state index contributed by atoms with van der Waals surface area (Å²) in [5.41, 5.74) is 9.92. The van der Waals surface area contributed by atoms with Crippen LogP contribution in [0.15, 0.2) is 18.2 Å². The van der Waals surface area contributed by atoms with Gasteiger partial charge in [0.15, 0.2) is 0 Å². The summed E-state index contributed by atoms with van der Waals surface area (Å²) in [5, 5.41) is 0. The zero-order valence-corrected chi connectivity index (χ0v) is 12.5. The maximum absolute atomic E-state index is 5.98. The second-order valence-electron chi connectivity index (χ2n) is 5.86. The van der Waals surface area contributed by atoms with Gasteiger partial charge in [0, 0.05) is 25.4 Å². The summed E-state index contributed by atoms with van der Waals surface area (Å²) in [6, 6.07) is 7.31. The van der Waals surface area contributed by atoms with Gasteiger partial charge < -0.3 is 15.4 Å². The third kappa shape index (κ3) is 3.28. The van der Waals surface area contributed by atoms with Crippen molar-refractivity contribution in [2.45, 2.75) is 51.8 Å². The van der Waals surface area contributed by atoms with E-state index in [4.69, 9.17) is 10.5 Å². The maximum atomic E-state index is 5.98. The molecule has 1 fully saturated rings. The Bertz CT molecular complexity index is 431. The van der Waals surface area contributed by atoms with E-state index in [2.05, 4.69) is 50.9 Å². The molecule has 19 heavy (non-hydrogen) atoms. The van der Waals surface area contributed by atoms with Gasteiger partial charge in [-0.2, -0.15) is 0 Å². The minimum absolute atomic E-state index is 0.186. The van der Waals surface area contributed by atoms with Crippen molar-refractivity contribution in [3.8, 4) is 0 Å². The monoisotopic (exact) mass is 262 g/mol. The Kier molecular flexibility index (Phi) is 4.48. The summed E-state index contributed by atoms with van der Waals surface area (Å²) in [7, 11) is 2.17. The Balaban J connectivity index is 2.27. The number of aryl methyl sites for hydroxylation is 1. The van der Waals surface area contributed by atoms with Crippen molar-refractivity contribution in [3.05, 3.63) is 29.3 Å². The first kappa shape index (κ1) is 14.4. The van der Waals surface area contributed by atoms with Crippen LogP contribution >= 0.6 is 0 Å². The minimum atomic E-state index is 0.186. The predicted molar refractivity (Wildman–Crippen MR) is 80.8 cm³/mol. The number of hydrogen-bond donors (Lipinski definition) is 1. The summed E-state index contributed by atoms with van der Waals surface area (Å²) in [6.07, 6.45) is 2.32. The number of rotatable bonds is 4. The lowest BCUT2D eigenvalue weighted by Crippen LogP contribution is -2.37. The van der Waals surface area contributed by atoms with Gasteiger partial charge in [-0.05, 0) is 45.2 Å². The Morgan fingerprint density at radius 2 is 2.21 bits per heavy atom. The molecule has 1 aromatic rings. The van der Waals surface area contributed by atoms with E-state index in [1.807, 2.05) is 0 Å². The molecule has 1 aliphatic heterocycles. The zero-order chi connectivity index (χ0) is 14.0. The molecule has 106 valence electrons. The van der Waals surface area contributed by atoms with Crippen molar-refractivity contribution in [3.63, 3.8) is 0 Å². The fourth-order valence-electron chi connectivity index (χ4n) is 2.98. The molecule has 3 atom stereocenters. The first-order valence-corrected chi connectivity index (χ1v) is 7.18. The largest absolute Gasteiger partial charge is 0.376 e. The van der Waals surface area contributed by atoms with Gasteiger partial charge in [-0.1, -0.05) is 17.7 Å². The van der Waals surface area contributed by atoms with Crippen molar-refractivity contribution in [2.75, 3.05) is 18.6 Å². The van der Waals surface area contributed by atoms with E-state index in [9.17, 15) is 0 Å².